The van der Waals surface area contributed by atoms with E-state index in [-0.39, 0.29) is 17.9 Å². The first-order valence-corrected chi connectivity index (χ1v) is 31.6. The monoisotopic (exact) mass is 1130 g/mol. The number of imide groups is 2. The molecule has 0 saturated heterocycles. The van der Waals surface area contributed by atoms with Crippen LogP contribution in [0.4, 0.5) is 5.69 Å². The molecule has 0 aromatic heterocycles. The first-order chi connectivity index (χ1) is 41.6. The Morgan fingerprint density at radius 3 is 0.976 bits per heavy atom. The van der Waals surface area contributed by atoms with Gasteiger partial charge < -0.3 is 18.9 Å². The number of ether oxygens (including phenoxy) is 4. The highest BCUT2D eigenvalue weighted by Crippen LogP contribution is 2.48. The number of carbonyl (C=O) groups excluding carboxylic acids is 4. The van der Waals surface area contributed by atoms with Crippen LogP contribution in [0.2, 0.25) is 0 Å². The Balaban J connectivity index is 1.00. The van der Waals surface area contributed by atoms with Crippen LogP contribution in [-0.4, -0.2) is 61.0 Å². The largest absolute Gasteiger partial charge is 0.493 e. The van der Waals surface area contributed by atoms with Crippen LogP contribution in [-0.2, 0) is 25.7 Å². The zero-order valence-electron chi connectivity index (χ0n) is 50.3. The molecular weight excluding hydrogens is 1060 g/mol. The summed E-state index contributed by atoms with van der Waals surface area (Å²) < 4.78 is 27.1. The molecule has 0 saturated carbocycles. The summed E-state index contributed by atoms with van der Waals surface area (Å²) in [6, 6.07) is 38.4. The summed E-state index contributed by atoms with van der Waals surface area (Å²) in [6.45, 7) is 14.9. The molecule has 3 aliphatic rings. The Morgan fingerprint density at radius 1 is 0.353 bits per heavy atom. The third-order valence-electron chi connectivity index (χ3n) is 17.7. The number of para-hydroxylation sites is 3. The first kappa shape index (κ1) is 57.2. The van der Waals surface area contributed by atoms with Crippen LogP contribution in [0.15, 0.2) is 115 Å². The lowest BCUT2D eigenvalue weighted by atomic mass is 9.82. The minimum absolute atomic E-state index is 0.168. The maximum absolute atomic E-state index is 15.7. The second-order valence-electron chi connectivity index (χ2n) is 23.6. The van der Waals surface area contributed by atoms with Crippen molar-refractivity contribution in [1.82, 2.24) is 4.90 Å². The van der Waals surface area contributed by atoms with Crippen molar-refractivity contribution in [2.24, 2.45) is 0 Å². The van der Waals surface area contributed by atoms with Gasteiger partial charge in [0.15, 0.2) is 0 Å². The maximum Gasteiger partial charge on any atom is 0.265 e. The molecule has 2 heterocycles. The third-order valence-corrected chi connectivity index (χ3v) is 17.7. The lowest BCUT2D eigenvalue weighted by molar-refractivity contribution is 0.0516. The van der Waals surface area contributed by atoms with Gasteiger partial charge in [-0.1, -0.05) is 159 Å². The molecule has 0 unspecified atom stereocenters. The number of fused-ring (bicyclic) bond motifs is 10. The average molecular weight is 1140 g/mol. The first-order valence-electron chi connectivity index (χ1n) is 31.6. The van der Waals surface area contributed by atoms with Crippen molar-refractivity contribution in [3.8, 4) is 23.0 Å². The predicted molar refractivity (Wildman–Crippen MR) is 342 cm³/mol. The Bertz CT molecular complexity index is 3830. The van der Waals surface area contributed by atoms with Gasteiger partial charge in [-0.25, -0.2) is 4.90 Å². The van der Waals surface area contributed by atoms with Crippen LogP contribution < -0.4 is 23.8 Å². The molecule has 1 aliphatic carbocycles. The lowest BCUT2D eigenvalue weighted by Gasteiger charge is -2.35. The number of carbonyl (C=O) groups is 4. The summed E-state index contributed by atoms with van der Waals surface area (Å²) in [4.78, 5) is 63.9. The zero-order chi connectivity index (χ0) is 58.9. The number of nitrogens with zero attached hydrogens (tertiary/aromatic N) is 2. The Hall–Kier alpha value is -8.24. The molecule has 436 valence electrons. The molecule has 8 bridgehead atoms. The Labute approximate surface area is 499 Å². The van der Waals surface area contributed by atoms with Crippen molar-refractivity contribution >= 4 is 72.4 Å². The van der Waals surface area contributed by atoms with E-state index >= 15 is 9.59 Å². The Kier molecular flexibility index (Phi) is 16.7. The quantitative estimate of drug-likeness (QED) is 0.0285. The standard InChI is InChI=1S/C75H78N2O8/c1-7-13-15-26-54(27-16-14-8-2)76-72(78)60-32-28-56-58-30-34-62-67-63(35-31-59(65(58)67)57-29-33-61(73(76)79)66(60)64(56)57)75(81)77(74(62)80)55-44-52-42-50-24-18-22-48(69(50)83-37-10-4)40-46-20-17-21-47(68(46)82-36-9-3)41-49-23-19-25-51(70(49)84-38-11-5)43-53(45-55)71(52)85-39-12-6/h17-25,28-35,44-45,54H,7-16,26-27,36-43H2,1-6H3. The fourth-order valence-electron chi connectivity index (χ4n) is 13.8. The van der Waals surface area contributed by atoms with Gasteiger partial charge in [-0.15, -0.1) is 0 Å². The van der Waals surface area contributed by atoms with E-state index in [1.54, 1.807) is 4.90 Å². The minimum Gasteiger partial charge on any atom is -0.493 e. The van der Waals surface area contributed by atoms with Crippen molar-refractivity contribution in [2.45, 2.75) is 150 Å². The topological polar surface area (TPSA) is 112 Å². The summed E-state index contributed by atoms with van der Waals surface area (Å²) in [6.07, 6.45) is 13.0. The molecule has 0 fully saturated rings. The smallest absolute Gasteiger partial charge is 0.265 e. The van der Waals surface area contributed by atoms with Crippen molar-refractivity contribution in [1.29, 1.82) is 0 Å². The number of hydrogen-bond acceptors (Lipinski definition) is 8. The van der Waals surface area contributed by atoms with E-state index in [9.17, 15) is 9.59 Å². The SMILES string of the molecule is CCCCCC(CCCCC)N1C(=O)c2ccc3c4ccc5c6c(ccc(c7ccc(c2c37)C1=O)c64)C(=O)N(c1cc2c(OCCC)c(c1)Cc1cccc(c1OCCC)Cc1cccc(c1OCCC)Cc1cccc(c1OCCC)C2)C5=O. The highest BCUT2D eigenvalue weighted by molar-refractivity contribution is 6.43. The van der Waals surface area contributed by atoms with Crippen LogP contribution in [0.1, 0.15) is 205 Å². The van der Waals surface area contributed by atoms with Gasteiger partial charge in [-0.2, -0.15) is 0 Å². The predicted octanol–water partition coefficient (Wildman–Crippen LogP) is 17.5. The summed E-state index contributed by atoms with van der Waals surface area (Å²) in [5.41, 5.74) is 10.2. The number of amides is 4. The van der Waals surface area contributed by atoms with Crippen molar-refractivity contribution in [2.75, 3.05) is 31.3 Å². The van der Waals surface area contributed by atoms with Crippen LogP contribution in [0.25, 0.3) is 43.1 Å². The summed E-state index contributed by atoms with van der Waals surface area (Å²) >= 11 is 0. The van der Waals surface area contributed by atoms with E-state index in [4.69, 9.17) is 18.9 Å². The fourth-order valence-corrected chi connectivity index (χ4v) is 13.8. The molecule has 9 aromatic rings. The summed E-state index contributed by atoms with van der Waals surface area (Å²) in [7, 11) is 0. The normalized spacial score (nSPS) is 14.0. The van der Waals surface area contributed by atoms with Crippen molar-refractivity contribution in [3.05, 3.63) is 182 Å². The number of benzene rings is 9. The van der Waals surface area contributed by atoms with Crippen molar-refractivity contribution < 1.29 is 38.1 Å². The lowest BCUT2D eigenvalue weighted by Crippen LogP contribution is -2.47. The summed E-state index contributed by atoms with van der Waals surface area (Å²) in [5.74, 6) is 1.90. The van der Waals surface area contributed by atoms with Gasteiger partial charge >= 0.3 is 0 Å². The van der Waals surface area contributed by atoms with E-state index in [1.165, 1.54) is 4.90 Å². The van der Waals surface area contributed by atoms with Crippen LogP contribution in [0.3, 0.4) is 0 Å². The number of hydrogen-bond donors (Lipinski definition) is 0. The van der Waals surface area contributed by atoms with Gasteiger partial charge in [-0.3, -0.25) is 24.1 Å². The van der Waals surface area contributed by atoms with E-state index in [2.05, 4.69) is 96.1 Å². The molecule has 85 heavy (non-hydrogen) atoms. The van der Waals surface area contributed by atoms with Crippen LogP contribution in [0, 0.1) is 0 Å². The fraction of sp³-hybridized carbons (Fsp3) is 0.360. The van der Waals surface area contributed by atoms with Gasteiger partial charge in [0.2, 0.25) is 0 Å². The average Bonchev–Trinajstić information content (AvgIpc) is 0.836. The highest BCUT2D eigenvalue weighted by Gasteiger charge is 2.40. The van der Waals surface area contributed by atoms with Gasteiger partial charge in [0.1, 0.15) is 23.0 Å². The van der Waals surface area contributed by atoms with Gasteiger partial charge in [-0.05, 0) is 141 Å². The minimum atomic E-state index is -0.424. The second kappa shape index (κ2) is 24.8. The Morgan fingerprint density at radius 2 is 0.659 bits per heavy atom. The molecule has 4 amide bonds. The molecule has 0 atom stereocenters. The van der Waals surface area contributed by atoms with Crippen molar-refractivity contribution in [3.63, 3.8) is 0 Å². The second-order valence-corrected chi connectivity index (χ2v) is 23.6. The maximum atomic E-state index is 15.7. The van der Waals surface area contributed by atoms with E-state index in [0.717, 1.165) is 171 Å². The van der Waals surface area contributed by atoms with E-state index in [1.807, 2.05) is 60.7 Å². The van der Waals surface area contributed by atoms with Gasteiger partial charge in [0, 0.05) is 75.9 Å². The van der Waals surface area contributed by atoms with E-state index < -0.39 is 11.8 Å². The number of unbranched alkanes of at least 4 members (excludes halogenated alkanes) is 4. The van der Waals surface area contributed by atoms with Gasteiger partial charge in [0.05, 0.1) is 32.1 Å². The zero-order valence-corrected chi connectivity index (χ0v) is 50.3. The van der Waals surface area contributed by atoms with Crippen LogP contribution in [0.5, 0.6) is 23.0 Å². The number of anilines is 1. The molecule has 12 rings (SSSR count). The molecular formula is C75H78N2O8. The van der Waals surface area contributed by atoms with Gasteiger partial charge in [0.25, 0.3) is 23.6 Å². The molecule has 10 heteroatoms. The molecule has 0 N–H and O–H groups in total. The molecule has 2 aliphatic heterocycles. The molecule has 0 spiro atoms. The molecule has 0 radical (unpaired) electrons. The highest BCUT2D eigenvalue weighted by atomic mass is 16.5. The number of rotatable bonds is 22. The third kappa shape index (κ3) is 10.3. The van der Waals surface area contributed by atoms with Crippen LogP contribution >= 0.6 is 0 Å². The molecule has 9 aromatic carbocycles. The summed E-state index contributed by atoms with van der Waals surface area (Å²) in [5, 5.41) is 6.36. The van der Waals surface area contributed by atoms with E-state index in [0.29, 0.717) is 96.6 Å². The molecule has 10 nitrogen and oxygen atoms in total.